The molecule has 2 aromatic rings. The lowest BCUT2D eigenvalue weighted by Crippen LogP contribution is -2.31. The van der Waals surface area contributed by atoms with Gasteiger partial charge in [0.25, 0.3) is 0 Å². The van der Waals surface area contributed by atoms with Gasteiger partial charge in [-0.15, -0.1) is 0 Å². The lowest BCUT2D eigenvalue weighted by molar-refractivity contribution is 0.305. The Hall–Kier alpha value is -2.20. The highest BCUT2D eigenvalue weighted by Gasteiger charge is 2.28. The monoisotopic (exact) mass is 355 g/mol. The minimum atomic E-state index is 0.0810. The van der Waals surface area contributed by atoms with Gasteiger partial charge in [0.1, 0.15) is 5.75 Å². The van der Waals surface area contributed by atoms with Gasteiger partial charge in [-0.25, -0.2) is 0 Å². The third kappa shape index (κ3) is 3.38. The normalized spacial score (nSPS) is 16.3. The van der Waals surface area contributed by atoms with Gasteiger partial charge < -0.3 is 19.5 Å². The van der Waals surface area contributed by atoms with Crippen LogP contribution in [0.5, 0.6) is 17.2 Å². The van der Waals surface area contributed by atoms with E-state index in [1.54, 1.807) is 14.2 Å². The first-order chi connectivity index (χ1) is 12.6. The van der Waals surface area contributed by atoms with E-state index in [0.29, 0.717) is 12.5 Å². The van der Waals surface area contributed by atoms with E-state index in [2.05, 4.69) is 43.4 Å². The van der Waals surface area contributed by atoms with Crippen molar-refractivity contribution in [1.82, 2.24) is 5.32 Å². The number of hydrogen-bond donors (Lipinski definition) is 1. The maximum absolute atomic E-state index is 5.95. The largest absolute Gasteiger partial charge is 0.496 e. The van der Waals surface area contributed by atoms with Crippen LogP contribution in [0.1, 0.15) is 55.0 Å². The van der Waals surface area contributed by atoms with Crippen molar-refractivity contribution in [3.8, 4) is 17.2 Å². The number of rotatable bonds is 6. The van der Waals surface area contributed by atoms with Crippen molar-refractivity contribution in [2.45, 2.75) is 39.2 Å². The molecule has 0 saturated carbocycles. The third-order valence-electron chi connectivity index (χ3n) is 5.04. The Balaban J connectivity index is 2.13. The first-order valence-corrected chi connectivity index (χ1v) is 9.34. The first-order valence-electron chi connectivity index (χ1n) is 9.34. The van der Waals surface area contributed by atoms with Crippen LogP contribution in [0.3, 0.4) is 0 Å². The Morgan fingerprint density at radius 3 is 2.42 bits per heavy atom. The molecule has 140 valence electrons. The van der Waals surface area contributed by atoms with Gasteiger partial charge in [0.05, 0.1) is 26.9 Å². The fourth-order valence-corrected chi connectivity index (χ4v) is 3.68. The van der Waals surface area contributed by atoms with Gasteiger partial charge in [0, 0.05) is 17.7 Å². The maximum atomic E-state index is 5.95. The summed E-state index contributed by atoms with van der Waals surface area (Å²) in [5, 5.41) is 3.66. The zero-order chi connectivity index (χ0) is 18.7. The zero-order valence-corrected chi connectivity index (χ0v) is 16.4. The van der Waals surface area contributed by atoms with Crippen molar-refractivity contribution in [3.05, 3.63) is 52.6 Å². The molecule has 1 N–H and O–H groups in total. The highest BCUT2D eigenvalue weighted by atomic mass is 16.5. The van der Waals surface area contributed by atoms with E-state index in [0.717, 1.165) is 30.2 Å². The lowest BCUT2D eigenvalue weighted by Gasteiger charge is -2.31. The van der Waals surface area contributed by atoms with Crippen LogP contribution in [-0.4, -0.2) is 27.4 Å². The average Bonchev–Trinajstić information content (AvgIpc) is 2.67. The quantitative estimate of drug-likeness (QED) is 0.830. The Morgan fingerprint density at radius 1 is 1.04 bits per heavy atom. The summed E-state index contributed by atoms with van der Waals surface area (Å²) in [6.45, 7) is 7.95. The summed E-state index contributed by atoms with van der Waals surface area (Å²) in [6.07, 6.45) is 0.921. The summed E-state index contributed by atoms with van der Waals surface area (Å²) in [5.74, 6) is 3.05. The molecule has 1 aliphatic rings. The van der Waals surface area contributed by atoms with Gasteiger partial charge >= 0.3 is 0 Å². The highest BCUT2D eigenvalue weighted by Crippen LogP contribution is 2.42. The average molecular weight is 355 g/mol. The molecule has 3 rings (SSSR count). The molecule has 0 aliphatic carbocycles. The Bertz CT molecular complexity index is 770. The van der Waals surface area contributed by atoms with Gasteiger partial charge in [-0.3, -0.25) is 0 Å². The fourth-order valence-electron chi connectivity index (χ4n) is 3.68. The molecule has 2 aromatic carbocycles. The molecule has 0 amide bonds. The molecule has 0 fully saturated rings. The van der Waals surface area contributed by atoms with Crippen molar-refractivity contribution < 1.29 is 14.2 Å². The van der Waals surface area contributed by atoms with Crippen LogP contribution in [0.2, 0.25) is 0 Å². The Kier molecular flexibility index (Phi) is 5.72. The number of benzene rings is 2. The van der Waals surface area contributed by atoms with Gasteiger partial charge in [-0.2, -0.15) is 0 Å². The molecule has 1 aliphatic heterocycles. The molecule has 0 radical (unpaired) electrons. The van der Waals surface area contributed by atoms with Crippen LogP contribution in [-0.2, 0) is 6.42 Å². The van der Waals surface area contributed by atoms with Crippen LogP contribution in [0.15, 0.2) is 30.3 Å². The first kappa shape index (κ1) is 18.6. The van der Waals surface area contributed by atoms with E-state index in [1.165, 1.54) is 22.3 Å². The van der Waals surface area contributed by atoms with Crippen molar-refractivity contribution in [3.63, 3.8) is 0 Å². The Morgan fingerprint density at radius 2 is 1.77 bits per heavy atom. The van der Waals surface area contributed by atoms with Crippen LogP contribution in [0, 0.1) is 0 Å². The summed E-state index contributed by atoms with van der Waals surface area (Å²) >= 11 is 0. The second-order valence-corrected chi connectivity index (χ2v) is 6.89. The molecule has 1 heterocycles. The molecular formula is C22H29NO3. The molecule has 0 bridgehead atoms. The summed E-state index contributed by atoms with van der Waals surface area (Å²) in [5.41, 5.74) is 4.95. The maximum Gasteiger partial charge on any atom is 0.164 e. The smallest absolute Gasteiger partial charge is 0.164 e. The van der Waals surface area contributed by atoms with E-state index in [4.69, 9.17) is 14.2 Å². The third-order valence-corrected chi connectivity index (χ3v) is 5.04. The predicted molar refractivity (Wildman–Crippen MR) is 105 cm³/mol. The van der Waals surface area contributed by atoms with Gasteiger partial charge in [0.2, 0.25) is 0 Å². The molecule has 0 aromatic heterocycles. The molecule has 26 heavy (non-hydrogen) atoms. The van der Waals surface area contributed by atoms with E-state index >= 15 is 0 Å². The van der Waals surface area contributed by atoms with Crippen LogP contribution >= 0.6 is 0 Å². The lowest BCUT2D eigenvalue weighted by atomic mass is 9.87. The number of hydrogen-bond acceptors (Lipinski definition) is 4. The minimum Gasteiger partial charge on any atom is -0.496 e. The number of ether oxygens (including phenoxy) is 3. The SMILES string of the molecule is CCOc1c(OC)ccc2c1CCNC2c1cc(C(C)C)ccc1OC. The summed E-state index contributed by atoms with van der Waals surface area (Å²) in [4.78, 5) is 0. The van der Waals surface area contributed by atoms with Gasteiger partial charge in [-0.1, -0.05) is 26.0 Å². The molecule has 4 heteroatoms. The van der Waals surface area contributed by atoms with Crippen molar-refractivity contribution in [1.29, 1.82) is 0 Å². The molecule has 4 nitrogen and oxygen atoms in total. The highest BCUT2D eigenvalue weighted by molar-refractivity contribution is 5.56. The minimum absolute atomic E-state index is 0.0810. The zero-order valence-electron chi connectivity index (χ0n) is 16.4. The van der Waals surface area contributed by atoms with E-state index < -0.39 is 0 Å². The summed E-state index contributed by atoms with van der Waals surface area (Å²) in [7, 11) is 3.43. The van der Waals surface area contributed by atoms with Gasteiger partial charge in [0.15, 0.2) is 11.5 Å². The van der Waals surface area contributed by atoms with Gasteiger partial charge in [-0.05, 0) is 48.6 Å². The van der Waals surface area contributed by atoms with Crippen LogP contribution in [0.4, 0.5) is 0 Å². The summed E-state index contributed by atoms with van der Waals surface area (Å²) in [6, 6.07) is 10.7. The van der Waals surface area contributed by atoms with Crippen molar-refractivity contribution in [2.24, 2.45) is 0 Å². The molecular weight excluding hydrogens is 326 g/mol. The summed E-state index contributed by atoms with van der Waals surface area (Å²) < 4.78 is 17.2. The van der Waals surface area contributed by atoms with Crippen LogP contribution in [0.25, 0.3) is 0 Å². The fraction of sp³-hybridized carbons (Fsp3) is 0.455. The van der Waals surface area contributed by atoms with Crippen molar-refractivity contribution >= 4 is 0 Å². The standard InChI is InChI=1S/C22H29NO3/c1-6-26-22-17-11-12-23-21(16(17)8-10-20(22)25-5)18-13-15(14(2)3)7-9-19(18)24-4/h7-10,13-14,21,23H,6,11-12H2,1-5H3. The molecule has 0 spiro atoms. The number of methoxy groups -OCH3 is 2. The van der Waals surface area contributed by atoms with Crippen molar-refractivity contribution in [2.75, 3.05) is 27.4 Å². The van der Waals surface area contributed by atoms with Crippen LogP contribution < -0.4 is 19.5 Å². The number of fused-ring (bicyclic) bond motifs is 1. The van der Waals surface area contributed by atoms with E-state index in [9.17, 15) is 0 Å². The molecule has 1 unspecified atom stereocenters. The molecule has 0 saturated heterocycles. The van der Waals surface area contributed by atoms with E-state index in [1.807, 2.05) is 13.0 Å². The van der Waals surface area contributed by atoms with E-state index in [-0.39, 0.29) is 6.04 Å². The topological polar surface area (TPSA) is 39.7 Å². The number of nitrogens with one attached hydrogen (secondary N) is 1. The second kappa shape index (κ2) is 8.00. The second-order valence-electron chi connectivity index (χ2n) is 6.89. The predicted octanol–water partition coefficient (Wildman–Crippen LogP) is 4.46. The Labute approximate surface area is 156 Å². The molecule has 1 atom stereocenters.